The molecule has 0 bridgehead atoms. The van der Waals surface area contributed by atoms with E-state index in [-0.39, 0.29) is 19.3 Å². The number of unbranched alkanes of at least 4 members (excludes halogenated alkanes) is 1. The van der Waals surface area contributed by atoms with Gasteiger partial charge < -0.3 is 10.8 Å². The summed E-state index contributed by atoms with van der Waals surface area (Å²) < 4.78 is 82.6. The van der Waals surface area contributed by atoms with E-state index in [0.717, 1.165) is 0 Å². The van der Waals surface area contributed by atoms with Gasteiger partial charge in [-0.05, 0) is 24.8 Å². The molecule has 0 amide bonds. The SMILES string of the molecule is [N-]=[N+]=Nc1c(F)c(F)c(S(=O)(=O)OCCCCC(N)C(=O)O)c(F)c1F. The summed E-state index contributed by atoms with van der Waals surface area (Å²) in [5.41, 5.74) is 11.7. The Hall–Kier alpha value is -2.41. The molecule has 0 spiro atoms. The Morgan fingerprint density at radius 1 is 1.19 bits per heavy atom. The van der Waals surface area contributed by atoms with Gasteiger partial charge in [-0.2, -0.15) is 8.42 Å². The second-order valence-corrected chi connectivity index (χ2v) is 6.39. The summed E-state index contributed by atoms with van der Waals surface area (Å²) in [6.07, 6.45) is 0.0172. The Morgan fingerprint density at radius 3 is 2.19 bits per heavy atom. The zero-order valence-electron chi connectivity index (χ0n) is 12.8. The van der Waals surface area contributed by atoms with Crippen molar-refractivity contribution in [2.24, 2.45) is 10.8 Å². The topological polar surface area (TPSA) is 155 Å². The van der Waals surface area contributed by atoms with E-state index < -0.39 is 62.6 Å². The molecule has 144 valence electrons. The first-order chi connectivity index (χ1) is 12.0. The third-order valence-corrected chi connectivity index (χ3v) is 4.40. The van der Waals surface area contributed by atoms with Crippen LogP contribution < -0.4 is 5.73 Å². The van der Waals surface area contributed by atoms with Gasteiger partial charge in [0.15, 0.2) is 28.2 Å². The molecule has 1 aromatic carbocycles. The molecule has 1 unspecified atom stereocenters. The lowest BCUT2D eigenvalue weighted by Gasteiger charge is -2.11. The van der Waals surface area contributed by atoms with E-state index >= 15 is 0 Å². The van der Waals surface area contributed by atoms with Crippen molar-refractivity contribution in [2.45, 2.75) is 30.2 Å². The van der Waals surface area contributed by atoms with Gasteiger partial charge in [-0.3, -0.25) is 8.98 Å². The largest absolute Gasteiger partial charge is 0.480 e. The lowest BCUT2D eigenvalue weighted by molar-refractivity contribution is -0.138. The molecule has 3 N–H and O–H groups in total. The van der Waals surface area contributed by atoms with E-state index in [2.05, 4.69) is 9.30 Å². The first kappa shape index (κ1) is 21.6. The maximum Gasteiger partial charge on any atom is 0.320 e. The van der Waals surface area contributed by atoms with Crippen LogP contribution in [0.1, 0.15) is 19.3 Å². The van der Waals surface area contributed by atoms with Gasteiger partial charge >= 0.3 is 16.1 Å². The van der Waals surface area contributed by atoms with E-state index in [1.165, 1.54) is 0 Å². The number of carbonyl (C=O) groups is 1. The highest BCUT2D eigenvalue weighted by molar-refractivity contribution is 7.86. The first-order valence-electron chi connectivity index (χ1n) is 6.83. The predicted molar refractivity (Wildman–Crippen MR) is 77.7 cm³/mol. The lowest BCUT2D eigenvalue weighted by Crippen LogP contribution is -2.29. The quantitative estimate of drug-likeness (QED) is 0.123. The van der Waals surface area contributed by atoms with Crippen molar-refractivity contribution in [3.63, 3.8) is 0 Å². The molecule has 0 saturated carbocycles. The van der Waals surface area contributed by atoms with Crippen molar-refractivity contribution < 1.29 is 40.1 Å². The Bertz CT molecular complexity index is 829. The van der Waals surface area contributed by atoms with Gasteiger partial charge in [0.2, 0.25) is 0 Å². The van der Waals surface area contributed by atoms with Crippen LogP contribution in [0.15, 0.2) is 10.0 Å². The minimum Gasteiger partial charge on any atom is -0.480 e. The van der Waals surface area contributed by atoms with Gasteiger partial charge in [0.05, 0.1) is 6.61 Å². The second kappa shape index (κ2) is 8.80. The van der Waals surface area contributed by atoms with Crippen molar-refractivity contribution in [1.29, 1.82) is 0 Å². The number of nitrogens with two attached hydrogens (primary N) is 1. The Labute approximate surface area is 144 Å². The van der Waals surface area contributed by atoms with E-state index in [9.17, 15) is 30.8 Å². The number of benzene rings is 1. The lowest BCUT2D eigenvalue weighted by atomic mass is 10.1. The summed E-state index contributed by atoms with van der Waals surface area (Å²) in [7, 11) is -5.23. The summed E-state index contributed by atoms with van der Waals surface area (Å²) >= 11 is 0. The predicted octanol–water partition coefficient (Wildman–Crippen LogP) is 2.47. The van der Waals surface area contributed by atoms with Gasteiger partial charge in [0.25, 0.3) is 0 Å². The van der Waals surface area contributed by atoms with Gasteiger partial charge in [0, 0.05) is 4.91 Å². The van der Waals surface area contributed by atoms with Crippen molar-refractivity contribution in [3.05, 3.63) is 33.7 Å². The van der Waals surface area contributed by atoms with E-state index in [0.29, 0.717) is 0 Å². The fourth-order valence-electron chi connectivity index (χ4n) is 1.77. The van der Waals surface area contributed by atoms with E-state index in [4.69, 9.17) is 16.4 Å². The Kier molecular flexibility index (Phi) is 7.32. The average molecular weight is 400 g/mol. The molecule has 1 atom stereocenters. The number of carboxylic acid groups (broad SMARTS) is 1. The molecular weight excluding hydrogens is 388 g/mol. The standard InChI is InChI=1S/C12H12F4N4O5S/c13-6-8(15)11(9(16)7(14)10(6)19-20-18)26(23,24)25-4-2-1-3-5(17)12(21)22/h5H,1-4,17H2,(H,21,22). The first-order valence-corrected chi connectivity index (χ1v) is 8.24. The number of rotatable bonds is 9. The zero-order chi connectivity index (χ0) is 20.1. The highest BCUT2D eigenvalue weighted by Gasteiger charge is 2.33. The maximum atomic E-state index is 13.8. The molecular formula is C12H12F4N4O5S. The number of hydrogen-bond acceptors (Lipinski definition) is 6. The van der Waals surface area contributed by atoms with Gasteiger partial charge in [0.1, 0.15) is 11.7 Å². The molecule has 0 saturated heterocycles. The summed E-state index contributed by atoms with van der Waals surface area (Å²) in [4.78, 5) is 10.5. The third-order valence-electron chi connectivity index (χ3n) is 3.06. The molecule has 1 aromatic rings. The molecule has 9 nitrogen and oxygen atoms in total. The summed E-state index contributed by atoms with van der Waals surface area (Å²) in [5, 5.41) is 11.0. The van der Waals surface area contributed by atoms with Gasteiger partial charge in [-0.25, -0.2) is 17.6 Å². The second-order valence-electron chi connectivity index (χ2n) is 4.84. The van der Waals surface area contributed by atoms with Crippen molar-refractivity contribution >= 4 is 21.8 Å². The Morgan fingerprint density at radius 2 is 1.73 bits per heavy atom. The average Bonchev–Trinajstić information content (AvgIpc) is 2.56. The molecule has 0 aromatic heterocycles. The number of nitrogens with zero attached hydrogens (tertiary/aromatic N) is 3. The van der Waals surface area contributed by atoms with Gasteiger partial charge in [-0.1, -0.05) is 5.11 Å². The molecule has 26 heavy (non-hydrogen) atoms. The monoisotopic (exact) mass is 400 g/mol. The number of aliphatic carboxylic acids is 1. The number of carboxylic acids is 1. The fraction of sp³-hybridized carbons (Fsp3) is 0.417. The summed E-state index contributed by atoms with van der Waals surface area (Å²) in [5.74, 6) is -10.3. The molecule has 0 radical (unpaired) electrons. The molecule has 0 aliphatic rings. The van der Waals surface area contributed by atoms with Crippen molar-refractivity contribution in [3.8, 4) is 0 Å². The van der Waals surface area contributed by atoms with E-state index in [1.807, 2.05) is 4.91 Å². The van der Waals surface area contributed by atoms with Crippen LogP contribution in [0.5, 0.6) is 0 Å². The Balaban J connectivity index is 2.97. The minimum absolute atomic E-state index is 0.0222. The smallest absolute Gasteiger partial charge is 0.320 e. The minimum atomic E-state index is -5.23. The van der Waals surface area contributed by atoms with Crippen LogP contribution in [-0.2, 0) is 19.1 Å². The molecule has 1 rings (SSSR count). The van der Waals surface area contributed by atoms with Crippen molar-refractivity contribution in [2.75, 3.05) is 6.61 Å². The van der Waals surface area contributed by atoms with Gasteiger partial charge in [-0.15, -0.1) is 0 Å². The van der Waals surface area contributed by atoms with Crippen molar-refractivity contribution in [1.82, 2.24) is 0 Å². The highest BCUT2D eigenvalue weighted by atomic mass is 32.2. The van der Waals surface area contributed by atoms with Crippen LogP contribution in [0, 0.1) is 23.3 Å². The third kappa shape index (κ3) is 4.82. The summed E-state index contributed by atoms with van der Waals surface area (Å²) in [6.45, 7) is -0.644. The van der Waals surface area contributed by atoms with Crippen LogP contribution in [0.2, 0.25) is 0 Å². The maximum absolute atomic E-state index is 13.8. The molecule has 0 aliphatic carbocycles. The molecule has 0 fully saturated rings. The number of azide groups is 1. The molecule has 0 heterocycles. The number of hydrogen-bond donors (Lipinski definition) is 2. The van der Waals surface area contributed by atoms with Crippen LogP contribution in [0.25, 0.3) is 10.4 Å². The summed E-state index contributed by atoms with van der Waals surface area (Å²) in [6, 6.07) is -1.18. The van der Waals surface area contributed by atoms with Crippen LogP contribution >= 0.6 is 0 Å². The molecule has 0 aliphatic heterocycles. The van der Waals surface area contributed by atoms with Crippen LogP contribution in [0.3, 0.4) is 0 Å². The molecule has 14 heteroatoms. The van der Waals surface area contributed by atoms with Crippen LogP contribution in [-0.4, -0.2) is 32.1 Å². The number of halogens is 4. The van der Waals surface area contributed by atoms with E-state index in [1.54, 1.807) is 0 Å². The fourth-order valence-corrected chi connectivity index (χ4v) is 2.84. The highest BCUT2D eigenvalue weighted by Crippen LogP contribution is 2.33. The normalized spacial score (nSPS) is 12.5. The zero-order valence-corrected chi connectivity index (χ0v) is 13.6. The van der Waals surface area contributed by atoms with Crippen LogP contribution in [0.4, 0.5) is 23.2 Å².